The molecule has 1 N–H and O–H groups in total. The lowest BCUT2D eigenvalue weighted by Gasteiger charge is -2.23. The van der Waals surface area contributed by atoms with E-state index in [9.17, 15) is 0 Å². The van der Waals surface area contributed by atoms with Crippen LogP contribution in [0, 0.1) is 5.92 Å². The van der Waals surface area contributed by atoms with Gasteiger partial charge in [-0.1, -0.05) is 12.1 Å². The van der Waals surface area contributed by atoms with E-state index in [0.29, 0.717) is 0 Å². The van der Waals surface area contributed by atoms with Crippen molar-refractivity contribution >= 4 is 12.4 Å². The number of piperidine rings is 1. The first kappa shape index (κ1) is 13.7. The van der Waals surface area contributed by atoms with Crippen molar-refractivity contribution in [3.63, 3.8) is 0 Å². The topological polar surface area (TPSA) is 21.3 Å². The van der Waals surface area contributed by atoms with E-state index >= 15 is 0 Å². The average molecular weight is 268 g/mol. The molecule has 0 bridgehead atoms. The van der Waals surface area contributed by atoms with Crippen LogP contribution in [-0.2, 0) is 12.8 Å². The molecule has 0 atom stereocenters. The molecule has 1 saturated heterocycles. The lowest BCUT2D eigenvalue weighted by atomic mass is 9.99. The van der Waals surface area contributed by atoms with Crippen molar-refractivity contribution in [2.45, 2.75) is 32.1 Å². The number of aryl methyl sites for hydroxylation is 1. The van der Waals surface area contributed by atoms with E-state index in [0.717, 1.165) is 31.4 Å². The Hall–Kier alpha value is -0.730. The SMILES string of the molecule is Cl.c1cc2c(c(OCC3CCNCC3)c1)CCC2. The van der Waals surface area contributed by atoms with Crippen LogP contribution in [0.4, 0.5) is 0 Å². The van der Waals surface area contributed by atoms with Crippen molar-refractivity contribution in [2.75, 3.05) is 19.7 Å². The standard InChI is InChI=1S/C15H21NO.ClH/c1-3-13-4-2-6-15(14(13)5-1)17-11-12-7-9-16-10-8-12;/h2,4,6,12,16H,1,3,5,7-11H2;1H. The zero-order valence-corrected chi connectivity index (χ0v) is 11.6. The monoisotopic (exact) mass is 267 g/mol. The van der Waals surface area contributed by atoms with Crippen molar-refractivity contribution in [3.8, 4) is 5.75 Å². The van der Waals surface area contributed by atoms with Gasteiger partial charge in [-0.15, -0.1) is 12.4 Å². The molecule has 3 heteroatoms. The lowest BCUT2D eigenvalue weighted by Crippen LogP contribution is -2.30. The van der Waals surface area contributed by atoms with Crippen molar-refractivity contribution in [1.82, 2.24) is 5.32 Å². The van der Waals surface area contributed by atoms with Crippen LogP contribution in [-0.4, -0.2) is 19.7 Å². The zero-order chi connectivity index (χ0) is 11.5. The van der Waals surface area contributed by atoms with Gasteiger partial charge >= 0.3 is 0 Å². The molecule has 1 fully saturated rings. The van der Waals surface area contributed by atoms with Gasteiger partial charge in [0.05, 0.1) is 6.61 Å². The predicted octanol–water partition coefficient (Wildman–Crippen LogP) is 2.98. The molecule has 1 aliphatic carbocycles. The average Bonchev–Trinajstić information content (AvgIpc) is 2.86. The molecule has 2 nitrogen and oxygen atoms in total. The van der Waals surface area contributed by atoms with Crippen LogP contribution in [0.2, 0.25) is 0 Å². The molecule has 18 heavy (non-hydrogen) atoms. The van der Waals surface area contributed by atoms with Gasteiger partial charge in [0.1, 0.15) is 5.75 Å². The van der Waals surface area contributed by atoms with Crippen LogP contribution in [0.5, 0.6) is 5.75 Å². The molecule has 1 aromatic rings. The van der Waals surface area contributed by atoms with Crippen LogP contribution in [0.3, 0.4) is 0 Å². The summed E-state index contributed by atoms with van der Waals surface area (Å²) in [6, 6.07) is 6.53. The summed E-state index contributed by atoms with van der Waals surface area (Å²) in [6.07, 6.45) is 6.25. The van der Waals surface area contributed by atoms with E-state index in [-0.39, 0.29) is 12.4 Å². The van der Waals surface area contributed by atoms with Crippen LogP contribution >= 0.6 is 12.4 Å². The molecule has 2 aliphatic rings. The highest BCUT2D eigenvalue weighted by Crippen LogP contribution is 2.31. The number of hydrogen-bond acceptors (Lipinski definition) is 2. The third kappa shape index (κ3) is 2.99. The van der Waals surface area contributed by atoms with Crippen LogP contribution < -0.4 is 10.1 Å². The summed E-state index contributed by atoms with van der Waals surface area (Å²) in [4.78, 5) is 0. The van der Waals surface area contributed by atoms with Gasteiger partial charge in [-0.25, -0.2) is 0 Å². The Balaban J connectivity index is 0.00000120. The summed E-state index contributed by atoms with van der Waals surface area (Å²) in [5.74, 6) is 1.90. The maximum Gasteiger partial charge on any atom is 0.122 e. The summed E-state index contributed by atoms with van der Waals surface area (Å²) in [5.41, 5.74) is 2.98. The van der Waals surface area contributed by atoms with Gasteiger partial charge in [-0.3, -0.25) is 0 Å². The minimum absolute atomic E-state index is 0. The van der Waals surface area contributed by atoms with Crippen molar-refractivity contribution in [1.29, 1.82) is 0 Å². The van der Waals surface area contributed by atoms with E-state index in [1.54, 1.807) is 0 Å². The molecule has 1 aromatic carbocycles. The fourth-order valence-electron chi connectivity index (χ4n) is 2.98. The highest BCUT2D eigenvalue weighted by molar-refractivity contribution is 5.85. The van der Waals surface area contributed by atoms with E-state index in [2.05, 4.69) is 23.5 Å². The van der Waals surface area contributed by atoms with E-state index < -0.39 is 0 Å². The van der Waals surface area contributed by atoms with Gasteiger partial charge in [0, 0.05) is 0 Å². The molecule has 1 heterocycles. The third-order valence-corrected chi connectivity index (χ3v) is 4.04. The minimum atomic E-state index is 0. The predicted molar refractivity (Wildman–Crippen MR) is 76.8 cm³/mol. The highest BCUT2D eigenvalue weighted by Gasteiger charge is 2.17. The minimum Gasteiger partial charge on any atom is -0.493 e. The first-order chi connectivity index (χ1) is 8.43. The normalized spacial score (nSPS) is 19.1. The molecule has 0 saturated carbocycles. The van der Waals surface area contributed by atoms with Crippen molar-refractivity contribution in [3.05, 3.63) is 29.3 Å². The van der Waals surface area contributed by atoms with Crippen LogP contribution in [0.1, 0.15) is 30.4 Å². The van der Waals surface area contributed by atoms with Crippen LogP contribution in [0.25, 0.3) is 0 Å². The molecule has 0 spiro atoms. The molecule has 1 aliphatic heterocycles. The Morgan fingerprint density at radius 2 is 2.00 bits per heavy atom. The number of halogens is 1. The molecule has 0 unspecified atom stereocenters. The second kappa shape index (κ2) is 6.44. The van der Waals surface area contributed by atoms with E-state index in [1.165, 1.54) is 43.2 Å². The Bertz CT molecular complexity index is 388. The number of hydrogen-bond donors (Lipinski definition) is 1. The molecule has 3 rings (SSSR count). The lowest BCUT2D eigenvalue weighted by molar-refractivity contribution is 0.214. The molecule has 0 radical (unpaired) electrons. The van der Waals surface area contributed by atoms with Gasteiger partial charge in [0.25, 0.3) is 0 Å². The maximum atomic E-state index is 6.06. The molecular formula is C15H22ClNO. The second-order valence-corrected chi connectivity index (χ2v) is 5.25. The van der Waals surface area contributed by atoms with Gasteiger partial charge in [0.15, 0.2) is 0 Å². The molecule has 0 aromatic heterocycles. The van der Waals surface area contributed by atoms with Crippen molar-refractivity contribution < 1.29 is 4.74 Å². The summed E-state index contributed by atoms with van der Waals surface area (Å²) in [6.45, 7) is 3.21. The Kier molecular flexibility index (Phi) is 4.90. The summed E-state index contributed by atoms with van der Waals surface area (Å²) in [7, 11) is 0. The molecule has 100 valence electrons. The quantitative estimate of drug-likeness (QED) is 0.909. The van der Waals surface area contributed by atoms with Crippen molar-refractivity contribution in [2.24, 2.45) is 5.92 Å². The number of ether oxygens (including phenoxy) is 1. The van der Waals surface area contributed by atoms with Gasteiger partial charge in [-0.05, 0) is 68.3 Å². The van der Waals surface area contributed by atoms with Gasteiger partial charge in [0.2, 0.25) is 0 Å². The molecular weight excluding hydrogens is 246 g/mol. The number of rotatable bonds is 3. The fourth-order valence-corrected chi connectivity index (χ4v) is 2.98. The Labute approximate surface area is 116 Å². The summed E-state index contributed by atoms with van der Waals surface area (Å²) >= 11 is 0. The summed E-state index contributed by atoms with van der Waals surface area (Å²) < 4.78 is 6.06. The Morgan fingerprint density at radius 1 is 1.17 bits per heavy atom. The molecule has 0 amide bonds. The highest BCUT2D eigenvalue weighted by atomic mass is 35.5. The van der Waals surface area contributed by atoms with Crippen LogP contribution in [0.15, 0.2) is 18.2 Å². The largest absolute Gasteiger partial charge is 0.493 e. The smallest absolute Gasteiger partial charge is 0.122 e. The number of benzene rings is 1. The van der Waals surface area contributed by atoms with Gasteiger partial charge in [-0.2, -0.15) is 0 Å². The summed E-state index contributed by atoms with van der Waals surface area (Å²) in [5, 5.41) is 3.40. The van der Waals surface area contributed by atoms with E-state index in [4.69, 9.17) is 4.74 Å². The second-order valence-electron chi connectivity index (χ2n) is 5.25. The third-order valence-electron chi connectivity index (χ3n) is 4.04. The number of nitrogens with one attached hydrogen (secondary N) is 1. The Morgan fingerprint density at radius 3 is 2.83 bits per heavy atom. The first-order valence-electron chi connectivity index (χ1n) is 6.88. The maximum absolute atomic E-state index is 6.06. The van der Waals surface area contributed by atoms with E-state index in [1.807, 2.05) is 0 Å². The first-order valence-corrected chi connectivity index (χ1v) is 6.88. The number of fused-ring (bicyclic) bond motifs is 1. The van der Waals surface area contributed by atoms with Gasteiger partial charge < -0.3 is 10.1 Å². The zero-order valence-electron chi connectivity index (χ0n) is 10.8. The fraction of sp³-hybridized carbons (Fsp3) is 0.600.